The molecule has 1 rings (SSSR count). The third kappa shape index (κ3) is 3.00. The number of pyridine rings is 1. The van der Waals surface area contributed by atoms with Crippen molar-refractivity contribution in [2.75, 3.05) is 7.11 Å². The first-order valence-corrected chi connectivity index (χ1v) is 4.97. The fraction of sp³-hybridized carbons (Fsp3) is 0.545. The molecule has 0 amide bonds. The van der Waals surface area contributed by atoms with Crippen LogP contribution in [0.15, 0.2) is 18.2 Å². The number of aliphatic hydroxyl groups excluding tert-OH is 1. The summed E-state index contributed by atoms with van der Waals surface area (Å²) in [6.45, 7) is 2.10. The zero-order chi connectivity index (χ0) is 10.4. The van der Waals surface area contributed by atoms with Crippen molar-refractivity contribution in [3.8, 4) is 5.88 Å². The zero-order valence-corrected chi connectivity index (χ0v) is 8.73. The molecule has 0 saturated carbocycles. The molecule has 0 bridgehead atoms. The SMILES string of the molecule is CCCCC(O)c1cccc(OC)n1. The summed E-state index contributed by atoms with van der Waals surface area (Å²) in [7, 11) is 1.57. The molecule has 3 heteroatoms. The van der Waals surface area contributed by atoms with Gasteiger partial charge < -0.3 is 9.84 Å². The number of rotatable bonds is 5. The molecule has 78 valence electrons. The lowest BCUT2D eigenvalue weighted by atomic mass is 10.1. The number of hydrogen-bond donors (Lipinski definition) is 1. The standard InChI is InChI=1S/C11H17NO2/c1-3-4-7-10(13)9-6-5-8-11(12-9)14-2/h5-6,8,10,13H,3-4,7H2,1-2H3. The van der Waals surface area contributed by atoms with Gasteiger partial charge in [-0.05, 0) is 12.5 Å². The largest absolute Gasteiger partial charge is 0.481 e. The second kappa shape index (κ2) is 5.60. The van der Waals surface area contributed by atoms with E-state index >= 15 is 0 Å². The summed E-state index contributed by atoms with van der Waals surface area (Å²) in [6.07, 6.45) is 2.39. The van der Waals surface area contributed by atoms with E-state index in [2.05, 4.69) is 11.9 Å². The zero-order valence-electron chi connectivity index (χ0n) is 8.73. The van der Waals surface area contributed by atoms with Crippen molar-refractivity contribution in [1.29, 1.82) is 0 Å². The normalized spacial score (nSPS) is 12.5. The van der Waals surface area contributed by atoms with Gasteiger partial charge in [0.1, 0.15) is 0 Å². The number of aromatic nitrogens is 1. The average molecular weight is 195 g/mol. The van der Waals surface area contributed by atoms with E-state index in [1.54, 1.807) is 13.2 Å². The van der Waals surface area contributed by atoms with Crippen LogP contribution in [0.4, 0.5) is 0 Å². The van der Waals surface area contributed by atoms with Gasteiger partial charge in [-0.2, -0.15) is 0 Å². The maximum absolute atomic E-state index is 9.75. The Morgan fingerprint density at radius 2 is 2.29 bits per heavy atom. The molecule has 1 aromatic rings. The topological polar surface area (TPSA) is 42.4 Å². The molecule has 0 saturated heterocycles. The number of nitrogens with zero attached hydrogens (tertiary/aromatic N) is 1. The monoisotopic (exact) mass is 195 g/mol. The fourth-order valence-corrected chi connectivity index (χ4v) is 1.28. The van der Waals surface area contributed by atoms with Crippen molar-refractivity contribution in [3.05, 3.63) is 23.9 Å². The smallest absolute Gasteiger partial charge is 0.213 e. The van der Waals surface area contributed by atoms with E-state index in [0.29, 0.717) is 11.6 Å². The van der Waals surface area contributed by atoms with Crippen molar-refractivity contribution in [3.63, 3.8) is 0 Å². The lowest BCUT2D eigenvalue weighted by Crippen LogP contribution is -2.01. The molecule has 0 aliphatic rings. The highest BCUT2D eigenvalue weighted by molar-refractivity contribution is 5.17. The Bertz CT molecular complexity index is 276. The molecular weight excluding hydrogens is 178 g/mol. The van der Waals surface area contributed by atoms with Crippen LogP contribution in [0.5, 0.6) is 5.88 Å². The minimum absolute atomic E-state index is 0.468. The third-order valence-electron chi connectivity index (χ3n) is 2.13. The summed E-state index contributed by atoms with van der Waals surface area (Å²) >= 11 is 0. The first-order valence-electron chi connectivity index (χ1n) is 4.97. The summed E-state index contributed by atoms with van der Waals surface area (Å²) < 4.78 is 4.99. The molecule has 1 atom stereocenters. The predicted octanol–water partition coefficient (Wildman–Crippen LogP) is 2.31. The van der Waals surface area contributed by atoms with Crippen LogP contribution < -0.4 is 4.74 Å². The Kier molecular flexibility index (Phi) is 4.40. The highest BCUT2D eigenvalue weighted by atomic mass is 16.5. The van der Waals surface area contributed by atoms with E-state index in [0.717, 1.165) is 19.3 Å². The minimum atomic E-state index is -0.468. The summed E-state index contributed by atoms with van der Waals surface area (Å²) in [5.41, 5.74) is 0.692. The lowest BCUT2D eigenvalue weighted by Gasteiger charge is -2.09. The quantitative estimate of drug-likeness (QED) is 0.784. The van der Waals surface area contributed by atoms with Gasteiger partial charge in [0.25, 0.3) is 0 Å². The third-order valence-corrected chi connectivity index (χ3v) is 2.13. The molecule has 0 fully saturated rings. The predicted molar refractivity (Wildman–Crippen MR) is 55.3 cm³/mol. The number of aliphatic hydroxyl groups is 1. The Balaban J connectivity index is 2.64. The number of methoxy groups -OCH3 is 1. The molecule has 0 radical (unpaired) electrons. The van der Waals surface area contributed by atoms with Gasteiger partial charge in [0, 0.05) is 6.07 Å². The second-order valence-electron chi connectivity index (χ2n) is 3.26. The van der Waals surface area contributed by atoms with Crippen LogP contribution in [0.25, 0.3) is 0 Å². The van der Waals surface area contributed by atoms with E-state index in [-0.39, 0.29) is 0 Å². The molecule has 1 aromatic heterocycles. The van der Waals surface area contributed by atoms with Crippen LogP contribution in [0.3, 0.4) is 0 Å². The van der Waals surface area contributed by atoms with Gasteiger partial charge >= 0.3 is 0 Å². The molecule has 0 spiro atoms. The van der Waals surface area contributed by atoms with Crippen molar-refractivity contribution in [2.24, 2.45) is 0 Å². The fourth-order valence-electron chi connectivity index (χ4n) is 1.28. The van der Waals surface area contributed by atoms with Crippen molar-refractivity contribution in [1.82, 2.24) is 4.98 Å². The Morgan fingerprint density at radius 1 is 1.50 bits per heavy atom. The van der Waals surface area contributed by atoms with Crippen LogP contribution in [0.1, 0.15) is 38.0 Å². The van der Waals surface area contributed by atoms with Crippen LogP contribution in [0.2, 0.25) is 0 Å². The van der Waals surface area contributed by atoms with E-state index < -0.39 is 6.10 Å². The molecule has 1 N–H and O–H groups in total. The number of hydrogen-bond acceptors (Lipinski definition) is 3. The van der Waals surface area contributed by atoms with Gasteiger partial charge in [0.2, 0.25) is 5.88 Å². The van der Waals surface area contributed by atoms with Crippen LogP contribution in [-0.2, 0) is 0 Å². The Morgan fingerprint density at radius 3 is 2.93 bits per heavy atom. The van der Waals surface area contributed by atoms with Gasteiger partial charge in [-0.25, -0.2) is 4.98 Å². The number of unbranched alkanes of at least 4 members (excludes halogenated alkanes) is 1. The van der Waals surface area contributed by atoms with Crippen molar-refractivity contribution < 1.29 is 9.84 Å². The maximum Gasteiger partial charge on any atom is 0.213 e. The van der Waals surface area contributed by atoms with Crippen LogP contribution in [0, 0.1) is 0 Å². The Hall–Kier alpha value is -1.09. The summed E-state index contributed by atoms with van der Waals surface area (Å²) in [4.78, 5) is 4.17. The van der Waals surface area contributed by atoms with Gasteiger partial charge in [-0.1, -0.05) is 25.8 Å². The Labute approximate surface area is 84.7 Å². The summed E-state index contributed by atoms with van der Waals surface area (Å²) in [5.74, 6) is 0.554. The van der Waals surface area contributed by atoms with Gasteiger partial charge in [-0.15, -0.1) is 0 Å². The molecule has 1 unspecified atom stereocenters. The van der Waals surface area contributed by atoms with E-state index in [4.69, 9.17) is 4.74 Å². The molecule has 0 aromatic carbocycles. The summed E-state index contributed by atoms with van der Waals surface area (Å²) in [6, 6.07) is 5.44. The van der Waals surface area contributed by atoms with E-state index in [9.17, 15) is 5.11 Å². The molecule has 0 aliphatic carbocycles. The van der Waals surface area contributed by atoms with E-state index in [1.807, 2.05) is 12.1 Å². The maximum atomic E-state index is 9.75. The first kappa shape index (κ1) is 11.0. The molecule has 3 nitrogen and oxygen atoms in total. The van der Waals surface area contributed by atoms with Crippen LogP contribution >= 0.6 is 0 Å². The van der Waals surface area contributed by atoms with Gasteiger partial charge in [0.15, 0.2) is 0 Å². The molecular formula is C11H17NO2. The first-order chi connectivity index (χ1) is 6.77. The van der Waals surface area contributed by atoms with E-state index in [1.165, 1.54) is 0 Å². The van der Waals surface area contributed by atoms with Crippen molar-refractivity contribution in [2.45, 2.75) is 32.3 Å². The highest BCUT2D eigenvalue weighted by Gasteiger charge is 2.08. The van der Waals surface area contributed by atoms with Crippen molar-refractivity contribution >= 4 is 0 Å². The number of ether oxygens (including phenoxy) is 1. The molecule has 14 heavy (non-hydrogen) atoms. The second-order valence-corrected chi connectivity index (χ2v) is 3.26. The highest BCUT2D eigenvalue weighted by Crippen LogP contribution is 2.19. The lowest BCUT2D eigenvalue weighted by molar-refractivity contribution is 0.158. The molecule has 0 aliphatic heterocycles. The van der Waals surface area contributed by atoms with Gasteiger partial charge in [-0.3, -0.25) is 0 Å². The van der Waals surface area contributed by atoms with Gasteiger partial charge in [0.05, 0.1) is 18.9 Å². The summed E-state index contributed by atoms with van der Waals surface area (Å²) in [5, 5.41) is 9.75. The average Bonchev–Trinajstić information content (AvgIpc) is 2.26. The minimum Gasteiger partial charge on any atom is -0.481 e. The van der Waals surface area contributed by atoms with Crippen LogP contribution in [-0.4, -0.2) is 17.2 Å². The molecule has 1 heterocycles.